The fourth-order valence-corrected chi connectivity index (χ4v) is 16.5. The predicted molar refractivity (Wildman–Crippen MR) is 230 cm³/mol. The van der Waals surface area contributed by atoms with Crippen LogP contribution in [0.25, 0.3) is 0 Å². The standard InChI is InChI=1S/C34H83N3O15Si5/c1-38-53(39-2,40-3)28-16-21-33(36-25-24-35)34(22-17-29-54(41-4,42-5)43-6,23-18-30-55(44-7,45-8)46-9)37(26-19-31-56(47-10,48-11)49-12)27-20-32-57(50-13,51-14)52-15/h33,36H,16-32,35H2,1-15H3. The fraction of sp³-hybridized carbons (Fsp3) is 1.00. The molecule has 0 rings (SSSR count). The van der Waals surface area contributed by atoms with Crippen molar-refractivity contribution >= 4 is 44.0 Å². The predicted octanol–water partition coefficient (Wildman–Crippen LogP) is 3.46. The summed E-state index contributed by atoms with van der Waals surface area (Å²) in [5.74, 6) is 0. The van der Waals surface area contributed by atoms with E-state index in [1.807, 2.05) is 0 Å². The van der Waals surface area contributed by atoms with Gasteiger partial charge in [0.05, 0.1) is 0 Å². The molecule has 3 N–H and O–H groups in total. The molecule has 0 aliphatic heterocycles. The van der Waals surface area contributed by atoms with E-state index in [4.69, 9.17) is 72.1 Å². The lowest BCUT2D eigenvalue weighted by Gasteiger charge is -2.51. The highest BCUT2D eigenvalue weighted by Crippen LogP contribution is 2.39. The van der Waals surface area contributed by atoms with Crippen LogP contribution in [0.3, 0.4) is 0 Å². The molecule has 0 fully saturated rings. The van der Waals surface area contributed by atoms with Gasteiger partial charge in [-0.2, -0.15) is 0 Å². The average molecular weight is 914 g/mol. The first-order chi connectivity index (χ1) is 27.3. The normalized spacial score (nSPS) is 14.3. The summed E-state index contributed by atoms with van der Waals surface area (Å²) in [6.07, 6.45) is 6.12. The van der Waals surface area contributed by atoms with E-state index in [0.29, 0.717) is 56.4 Å². The Morgan fingerprint density at radius 1 is 0.421 bits per heavy atom. The Bertz CT molecular complexity index is 894. The van der Waals surface area contributed by atoms with E-state index < -0.39 is 49.6 Å². The smallest absolute Gasteiger partial charge is 0.377 e. The number of nitrogens with zero attached hydrogens (tertiary/aromatic N) is 1. The third-order valence-corrected chi connectivity index (χ3v) is 25.6. The molecular weight excluding hydrogens is 831 g/mol. The van der Waals surface area contributed by atoms with Crippen molar-refractivity contribution in [2.45, 2.75) is 93.2 Å². The van der Waals surface area contributed by atoms with E-state index in [1.54, 1.807) is 107 Å². The van der Waals surface area contributed by atoms with Gasteiger partial charge in [0, 0.05) is 162 Å². The van der Waals surface area contributed by atoms with Crippen LogP contribution in [0.4, 0.5) is 0 Å². The second kappa shape index (κ2) is 30.4. The van der Waals surface area contributed by atoms with Crippen LogP contribution >= 0.6 is 0 Å². The van der Waals surface area contributed by atoms with Crippen molar-refractivity contribution in [3.63, 3.8) is 0 Å². The van der Waals surface area contributed by atoms with Crippen molar-refractivity contribution in [3.05, 3.63) is 0 Å². The van der Waals surface area contributed by atoms with E-state index in [1.165, 1.54) is 0 Å². The maximum atomic E-state index is 6.24. The van der Waals surface area contributed by atoms with Gasteiger partial charge in [-0.25, -0.2) is 0 Å². The molecule has 57 heavy (non-hydrogen) atoms. The lowest BCUT2D eigenvalue weighted by Crippen LogP contribution is -2.63. The lowest BCUT2D eigenvalue weighted by atomic mass is 9.77. The maximum absolute atomic E-state index is 6.24. The average Bonchev–Trinajstić information content (AvgIpc) is 3.26. The van der Waals surface area contributed by atoms with E-state index >= 15 is 0 Å². The first-order valence-corrected chi connectivity index (χ1v) is 29.4. The Morgan fingerprint density at radius 2 is 0.684 bits per heavy atom. The molecule has 23 heteroatoms. The number of hydrogen-bond donors (Lipinski definition) is 2. The van der Waals surface area contributed by atoms with Gasteiger partial charge in [0.15, 0.2) is 0 Å². The van der Waals surface area contributed by atoms with Gasteiger partial charge in [-0.1, -0.05) is 0 Å². The van der Waals surface area contributed by atoms with Crippen LogP contribution in [0, 0.1) is 0 Å². The quantitative estimate of drug-likeness (QED) is 0.0854. The zero-order chi connectivity index (χ0) is 43.5. The molecule has 0 aliphatic rings. The monoisotopic (exact) mass is 913 g/mol. The molecular formula is C34H83N3O15Si5. The van der Waals surface area contributed by atoms with Gasteiger partial charge < -0.3 is 77.4 Å². The summed E-state index contributed by atoms with van der Waals surface area (Å²) in [4.78, 5) is 2.63. The molecule has 1 unspecified atom stereocenters. The SMILES string of the molecule is CO[Si](CCCC(NCCN)C(CCC[Si](OC)(OC)OC)(CCC[Si](OC)(OC)OC)N(CCC[Si](OC)(OC)OC)CCC[Si](OC)(OC)OC)(OC)OC. The van der Waals surface area contributed by atoms with Gasteiger partial charge in [0.1, 0.15) is 0 Å². The summed E-state index contributed by atoms with van der Waals surface area (Å²) >= 11 is 0. The fourth-order valence-electron chi connectivity index (χ4n) is 7.88. The van der Waals surface area contributed by atoms with Crippen LogP contribution < -0.4 is 11.1 Å². The summed E-state index contributed by atoms with van der Waals surface area (Å²) in [6, 6.07) is 3.09. The highest BCUT2D eigenvalue weighted by Gasteiger charge is 2.48. The molecule has 0 aromatic carbocycles. The van der Waals surface area contributed by atoms with E-state index in [2.05, 4.69) is 10.2 Å². The molecule has 0 spiro atoms. The first kappa shape index (κ1) is 57.4. The Balaban J connectivity index is 7.74. The highest BCUT2D eigenvalue weighted by atomic mass is 28.4. The van der Waals surface area contributed by atoms with Gasteiger partial charge >= 0.3 is 44.0 Å². The maximum Gasteiger partial charge on any atom is 0.500 e. The third kappa shape index (κ3) is 17.2. The van der Waals surface area contributed by atoms with Gasteiger partial charge in [0.2, 0.25) is 0 Å². The van der Waals surface area contributed by atoms with Crippen LogP contribution in [0.5, 0.6) is 0 Å². The molecule has 0 saturated carbocycles. The van der Waals surface area contributed by atoms with Crippen molar-refractivity contribution in [2.75, 3.05) is 133 Å². The second-order valence-corrected chi connectivity index (χ2v) is 29.1. The molecule has 0 aromatic heterocycles. The molecule has 0 aromatic rings. The van der Waals surface area contributed by atoms with Crippen LogP contribution in [0.1, 0.15) is 51.4 Å². The molecule has 18 nitrogen and oxygen atoms in total. The van der Waals surface area contributed by atoms with Gasteiger partial charge in [-0.3, -0.25) is 4.90 Å². The first-order valence-electron chi connectivity index (χ1n) is 19.8. The zero-order valence-corrected chi connectivity index (χ0v) is 43.2. The van der Waals surface area contributed by atoms with Crippen LogP contribution in [0.15, 0.2) is 0 Å². The van der Waals surface area contributed by atoms with E-state index in [0.717, 1.165) is 51.4 Å². The van der Waals surface area contributed by atoms with Gasteiger partial charge in [0.25, 0.3) is 0 Å². The summed E-state index contributed by atoms with van der Waals surface area (Å²) in [7, 11) is 10.3. The van der Waals surface area contributed by atoms with Gasteiger partial charge in [-0.05, 0) is 64.5 Å². The molecule has 0 aliphatic carbocycles. The second-order valence-electron chi connectivity index (χ2n) is 13.7. The van der Waals surface area contributed by atoms with Gasteiger partial charge in [-0.15, -0.1) is 0 Å². The number of nitrogens with one attached hydrogen (secondary N) is 1. The molecule has 0 heterocycles. The lowest BCUT2D eigenvalue weighted by molar-refractivity contribution is 0.0209. The minimum Gasteiger partial charge on any atom is -0.377 e. The van der Waals surface area contributed by atoms with Crippen LogP contribution in [-0.2, 0) is 66.4 Å². The number of hydrogen-bond acceptors (Lipinski definition) is 18. The van der Waals surface area contributed by atoms with Crippen molar-refractivity contribution in [3.8, 4) is 0 Å². The number of nitrogens with two attached hydrogens (primary N) is 1. The molecule has 0 saturated heterocycles. The zero-order valence-electron chi connectivity index (χ0n) is 38.2. The summed E-state index contributed by atoms with van der Waals surface area (Å²) in [5, 5.41) is 3.92. The molecule has 1 atom stereocenters. The molecule has 0 amide bonds. The summed E-state index contributed by atoms with van der Waals surface area (Å²) in [6.45, 7) is 2.50. The highest BCUT2D eigenvalue weighted by molar-refractivity contribution is 6.62. The minimum absolute atomic E-state index is 0.0470. The molecule has 0 radical (unpaired) electrons. The summed E-state index contributed by atoms with van der Waals surface area (Å²) in [5.41, 5.74) is 5.77. The Morgan fingerprint density at radius 3 is 0.947 bits per heavy atom. The molecule has 0 bridgehead atoms. The summed E-state index contributed by atoms with van der Waals surface area (Å²) < 4.78 is 88.3. The Kier molecular flexibility index (Phi) is 30.6. The van der Waals surface area contributed by atoms with E-state index in [9.17, 15) is 0 Å². The van der Waals surface area contributed by atoms with Crippen molar-refractivity contribution < 1.29 is 66.4 Å². The van der Waals surface area contributed by atoms with Crippen molar-refractivity contribution in [1.29, 1.82) is 0 Å². The minimum atomic E-state index is -2.93. The Hall–Kier alpha value is 0.364. The molecule has 344 valence electrons. The van der Waals surface area contributed by atoms with Crippen LogP contribution in [-0.4, -0.2) is 193 Å². The van der Waals surface area contributed by atoms with Crippen molar-refractivity contribution in [1.82, 2.24) is 10.2 Å². The third-order valence-electron chi connectivity index (χ3n) is 11.5. The van der Waals surface area contributed by atoms with Crippen LogP contribution in [0.2, 0.25) is 30.2 Å². The largest absolute Gasteiger partial charge is 0.500 e. The Labute approximate surface area is 351 Å². The van der Waals surface area contributed by atoms with E-state index in [-0.39, 0.29) is 6.04 Å². The number of rotatable bonds is 40. The topological polar surface area (TPSA) is 180 Å². The van der Waals surface area contributed by atoms with Crippen molar-refractivity contribution in [2.24, 2.45) is 5.73 Å².